The van der Waals surface area contributed by atoms with Crippen LogP contribution in [0.3, 0.4) is 0 Å². The van der Waals surface area contributed by atoms with Gasteiger partial charge < -0.3 is 4.98 Å². The summed E-state index contributed by atoms with van der Waals surface area (Å²) in [6, 6.07) is 2.37. The van der Waals surface area contributed by atoms with Gasteiger partial charge in [-0.2, -0.15) is 0 Å². The van der Waals surface area contributed by atoms with Crippen LogP contribution in [0.25, 0.3) is 11.4 Å². The second-order valence-corrected chi connectivity index (χ2v) is 4.27. The second-order valence-electron chi connectivity index (χ2n) is 4.27. The number of aryl methyl sites for hydroxylation is 1. The molecule has 0 bridgehead atoms. The summed E-state index contributed by atoms with van der Waals surface area (Å²) >= 11 is 0. The molecule has 0 spiro atoms. The molecule has 17 heavy (non-hydrogen) atoms. The summed E-state index contributed by atoms with van der Waals surface area (Å²) in [6.07, 6.45) is 0. The summed E-state index contributed by atoms with van der Waals surface area (Å²) in [4.78, 5) is 2.92. The molecule has 3 nitrogen and oxygen atoms in total. The van der Waals surface area contributed by atoms with Gasteiger partial charge in [-0.3, -0.25) is 0 Å². The van der Waals surface area contributed by atoms with Crippen LogP contribution in [0.15, 0.2) is 12.1 Å². The van der Waals surface area contributed by atoms with E-state index in [2.05, 4.69) is 15.2 Å². The zero-order valence-corrected chi connectivity index (χ0v) is 9.88. The molecule has 0 radical (unpaired) electrons. The average molecular weight is 237 g/mol. The lowest BCUT2D eigenvalue weighted by Gasteiger charge is -2.11. The van der Waals surface area contributed by atoms with Crippen LogP contribution in [0.2, 0.25) is 0 Å². The third kappa shape index (κ3) is 2.18. The van der Waals surface area contributed by atoms with E-state index in [0.29, 0.717) is 22.8 Å². The lowest BCUT2D eigenvalue weighted by atomic mass is 9.96. The van der Waals surface area contributed by atoms with Crippen molar-refractivity contribution in [1.82, 2.24) is 15.2 Å². The summed E-state index contributed by atoms with van der Waals surface area (Å²) in [5, 5.41) is 7.73. The van der Waals surface area contributed by atoms with Gasteiger partial charge in [0.25, 0.3) is 0 Å². The second kappa shape index (κ2) is 4.24. The van der Waals surface area contributed by atoms with Crippen LogP contribution in [-0.4, -0.2) is 15.2 Å². The summed E-state index contributed by atoms with van der Waals surface area (Å²) < 4.78 is 26.5. The Hall–Kier alpha value is -1.78. The molecule has 0 saturated heterocycles. The van der Waals surface area contributed by atoms with Crippen molar-refractivity contribution in [1.29, 1.82) is 0 Å². The number of H-pyrrole nitrogens is 1. The minimum atomic E-state index is -0.876. The average Bonchev–Trinajstić information content (AvgIpc) is 2.68. The first-order valence-corrected chi connectivity index (χ1v) is 5.37. The molecule has 1 aromatic heterocycles. The van der Waals surface area contributed by atoms with Gasteiger partial charge in [0.05, 0.1) is 0 Å². The van der Waals surface area contributed by atoms with Crippen molar-refractivity contribution >= 4 is 0 Å². The minimum Gasteiger partial charge on any atom is -0.325 e. The Morgan fingerprint density at radius 3 is 2.29 bits per heavy atom. The van der Waals surface area contributed by atoms with Gasteiger partial charge in [0.2, 0.25) is 0 Å². The maximum absolute atomic E-state index is 13.3. The number of nitrogens with one attached hydrogen (secondary N) is 1. The highest BCUT2D eigenvalue weighted by atomic mass is 19.2. The highest BCUT2D eigenvalue weighted by Crippen LogP contribution is 2.29. The monoisotopic (exact) mass is 237 g/mol. The number of aromatic nitrogens is 3. The van der Waals surface area contributed by atoms with Crippen LogP contribution in [0, 0.1) is 18.6 Å². The van der Waals surface area contributed by atoms with E-state index < -0.39 is 11.6 Å². The lowest BCUT2D eigenvalue weighted by molar-refractivity contribution is 0.506. The first kappa shape index (κ1) is 11.7. The van der Waals surface area contributed by atoms with Crippen LogP contribution in [0.4, 0.5) is 8.78 Å². The summed E-state index contributed by atoms with van der Waals surface area (Å²) in [7, 11) is 0. The number of benzene rings is 1. The van der Waals surface area contributed by atoms with Crippen molar-refractivity contribution in [2.75, 3.05) is 0 Å². The van der Waals surface area contributed by atoms with E-state index in [0.717, 1.165) is 6.07 Å². The van der Waals surface area contributed by atoms with Gasteiger partial charge in [0.15, 0.2) is 17.5 Å². The van der Waals surface area contributed by atoms with Crippen LogP contribution < -0.4 is 0 Å². The molecule has 2 rings (SSSR count). The topological polar surface area (TPSA) is 41.6 Å². The maximum atomic E-state index is 13.3. The summed E-state index contributed by atoms with van der Waals surface area (Å²) in [5.74, 6) is -0.540. The van der Waals surface area contributed by atoms with Gasteiger partial charge in [-0.05, 0) is 30.5 Å². The van der Waals surface area contributed by atoms with E-state index in [4.69, 9.17) is 0 Å². The Morgan fingerprint density at radius 1 is 1.12 bits per heavy atom. The largest absolute Gasteiger partial charge is 0.325 e. The molecule has 0 fully saturated rings. The van der Waals surface area contributed by atoms with Gasteiger partial charge >= 0.3 is 0 Å². The Morgan fingerprint density at radius 2 is 1.76 bits per heavy atom. The van der Waals surface area contributed by atoms with E-state index in [1.165, 1.54) is 6.07 Å². The van der Waals surface area contributed by atoms with Crippen LogP contribution >= 0.6 is 0 Å². The van der Waals surface area contributed by atoms with Crippen LogP contribution in [0.1, 0.15) is 31.2 Å². The summed E-state index contributed by atoms with van der Waals surface area (Å²) in [6.45, 7) is 5.59. The molecule has 0 aliphatic heterocycles. The van der Waals surface area contributed by atoms with Crippen molar-refractivity contribution in [3.05, 3.63) is 35.2 Å². The maximum Gasteiger partial charge on any atom is 0.161 e. The van der Waals surface area contributed by atoms with Crippen molar-refractivity contribution < 1.29 is 8.78 Å². The van der Waals surface area contributed by atoms with Gasteiger partial charge in [-0.1, -0.05) is 13.8 Å². The molecule has 1 aromatic carbocycles. The molecule has 2 aromatic rings. The van der Waals surface area contributed by atoms with Gasteiger partial charge in [0.1, 0.15) is 5.82 Å². The smallest absolute Gasteiger partial charge is 0.161 e. The number of hydrogen-bond acceptors (Lipinski definition) is 2. The van der Waals surface area contributed by atoms with E-state index >= 15 is 0 Å². The molecular formula is C12H13F2N3. The Balaban J connectivity index is 2.63. The third-order valence-electron chi connectivity index (χ3n) is 2.57. The molecular weight excluding hydrogens is 224 g/mol. The first-order chi connectivity index (χ1) is 7.99. The SMILES string of the molecule is Cc1nnc(-c2cc(F)c(F)cc2C(C)C)[nH]1. The Kier molecular flexibility index (Phi) is 2.92. The van der Waals surface area contributed by atoms with Gasteiger partial charge in [-0.25, -0.2) is 8.78 Å². The molecule has 0 aliphatic rings. The normalized spacial score (nSPS) is 11.2. The van der Waals surface area contributed by atoms with E-state index in [9.17, 15) is 8.78 Å². The van der Waals surface area contributed by atoms with Crippen LogP contribution in [0.5, 0.6) is 0 Å². The highest BCUT2D eigenvalue weighted by Gasteiger charge is 2.16. The zero-order chi connectivity index (χ0) is 12.6. The Bertz CT molecular complexity index is 547. The molecule has 5 heteroatoms. The number of nitrogens with zero attached hydrogens (tertiary/aromatic N) is 2. The van der Waals surface area contributed by atoms with Gasteiger partial charge in [0, 0.05) is 5.56 Å². The molecule has 0 amide bonds. The van der Waals surface area contributed by atoms with Crippen molar-refractivity contribution in [2.45, 2.75) is 26.7 Å². The molecule has 0 unspecified atom stereocenters. The zero-order valence-electron chi connectivity index (χ0n) is 9.88. The predicted octanol–water partition coefficient (Wildman–Crippen LogP) is 3.18. The molecule has 0 saturated carbocycles. The fourth-order valence-corrected chi connectivity index (χ4v) is 1.71. The standard InChI is InChI=1S/C12H13F2N3/c1-6(2)8-4-10(13)11(14)5-9(8)12-15-7(3)16-17-12/h4-6H,1-3H3,(H,15,16,17). The quantitative estimate of drug-likeness (QED) is 0.871. The first-order valence-electron chi connectivity index (χ1n) is 5.37. The van der Waals surface area contributed by atoms with Gasteiger partial charge in [-0.15, -0.1) is 10.2 Å². The molecule has 1 heterocycles. The number of rotatable bonds is 2. The number of halogens is 2. The summed E-state index contributed by atoms with van der Waals surface area (Å²) in [5.41, 5.74) is 1.26. The van der Waals surface area contributed by atoms with E-state index in [1.807, 2.05) is 13.8 Å². The fourth-order valence-electron chi connectivity index (χ4n) is 1.71. The minimum absolute atomic E-state index is 0.0745. The van der Waals surface area contributed by atoms with Crippen LogP contribution in [-0.2, 0) is 0 Å². The van der Waals surface area contributed by atoms with Crippen molar-refractivity contribution in [3.8, 4) is 11.4 Å². The highest BCUT2D eigenvalue weighted by molar-refractivity contribution is 5.61. The number of hydrogen-bond donors (Lipinski definition) is 1. The van der Waals surface area contributed by atoms with Crippen molar-refractivity contribution in [2.24, 2.45) is 0 Å². The predicted molar refractivity (Wildman–Crippen MR) is 60.6 cm³/mol. The fraction of sp³-hybridized carbons (Fsp3) is 0.333. The molecule has 1 N–H and O–H groups in total. The molecule has 0 atom stereocenters. The van der Waals surface area contributed by atoms with E-state index in [-0.39, 0.29) is 5.92 Å². The van der Waals surface area contributed by atoms with E-state index in [1.54, 1.807) is 6.92 Å². The van der Waals surface area contributed by atoms with Crippen molar-refractivity contribution in [3.63, 3.8) is 0 Å². The lowest BCUT2D eigenvalue weighted by Crippen LogP contribution is -1.98. The molecule has 0 aliphatic carbocycles. The third-order valence-corrected chi connectivity index (χ3v) is 2.57. The number of aromatic amines is 1. The Labute approximate surface area is 97.9 Å². The molecule has 90 valence electrons.